The van der Waals surface area contributed by atoms with E-state index in [1.807, 2.05) is 18.2 Å². The minimum Gasteiger partial charge on any atom is -0.307 e. The Kier molecular flexibility index (Phi) is 6.91. The number of halogens is 2. The number of alkyl halides is 2. The molecule has 5 nitrogen and oxygen atoms in total. The number of aromatic amines is 1. The molecule has 1 atom stereocenters. The van der Waals surface area contributed by atoms with Gasteiger partial charge in [-0.3, -0.25) is 9.69 Å². The molecule has 152 valence electrons. The van der Waals surface area contributed by atoms with Crippen molar-refractivity contribution >= 4 is 0 Å². The molecular weight excluding hydrogens is 362 g/mol. The predicted molar refractivity (Wildman–Crippen MR) is 106 cm³/mol. The van der Waals surface area contributed by atoms with Gasteiger partial charge in [0.2, 0.25) is 0 Å². The molecule has 1 aromatic carbocycles. The maximum Gasteiger partial charge on any atom is 0.280 e. The molecule has 0 spiro atoms. The summed E-state index contributed by atoms with van der Waals surface area (Å²) in [5.41, 5.74) is 0.613. The van der Waals surface area contributed by atoms with Crippen LogP contribution in [0.25, 0.3) is 11.4 Å². The van der Waals surface area contributed by atoms with Crippen molar-refractivity contribution in [3.05, 3.63) is 51.9 Å². The molecular formula is C21H28F2N4O. The van der Waals surface area contributed by atoms with E-state index in [0.29, 0.717) is 11.6 Å². The van der Waals surface area contributed by atoms with Crippen molar-refractivity contribution in [3.63, 3.8) is 0 Å². The van der Waals surface area contributed by atoms with Crippen LogP contribution in [-0.2, 0) is 6.54 Å². The molecule has 0 bridgehead atoms. The van der Waals surface area contributed by atoms with Crippen LogP contribution in [0.15, 0.2) is 35.1 Å². The Morgan fingerprint density at radius 3 is 2.89 bits per heavy atom. The van der Waals surface area contributed by atoms with E-state index in [-0.39, 0.29) is 5.82 Å². The number of hydrogen-bond donors (Lipinski definition) is 1. The summed E-state index contributed by atoms with van der Waals surface area (Å²) in [6, 6.07) is 9.02. The normalized spacial score (nSPS) is 18.1. The van der Waals surface area contributed by atoms with Gasteiger partial charge in [0, 0.05) is 37.3 Å². The second-order valence-electron chi connectivity index (χ2n) is 7.64. The number of likely N-dealkylation sites (N-methyl/N-ethyl adjacent to an activating group) is 1. The van der Waals surface area contributed by atoms with Gasteiger partial charge in [0.05, 0.1) is 0 Å². The summed E-state index contributed by atoms with van der Waals surface area (Å²) >= 11 is 0. The summed E-state index contributed by atoms with van der Waals surface area (Å²) in [6.07, 6.45) is 1.10. The summed E-state index contributed by atoms with van der Waals surface area (Å²) in [4.78, 5) is 22.9. The highest BCUT2D eigenvalue weighted by molar-refractivity contribution is 5.56. The van der Waals surface area contributed by atoms with E-state index in [1.165, 1.54) is 25.8 Å². The Morgan fingerprint density at radius 2 is 2.14 bits per heavy atom. The van der Waals surface area contributed by atoms with Gasteiger partial charge in [-0.2, -0.15) is 0 Å². The monoisotopic (exact) mass is 390 g/mol. The molecule has 1 aliphatic rings. The molecule has 0 amide bonds. The zero-order chi connectivity index (χ0) is 20.1. The number of benzene rings is 1. The fourth-order valence-electron chi connectivity index (χ4n) is 3.72. The lowest BCUT2D eigenvalue weighted by atomic mass is 10.0. The molecule has 2 heterocycles. The minimum absolute atomic E-state index is 0.175. The summed E-state index contributed by atoms with van der Waals surface area (Å²) in [5.74, 6) is 0.175. The lowest BCUT2D eigenvalue weighted by Gasteiger charge is -2.34. The first-order valence-corrected chi connectivity index (χ1v) is 9.83. The number of nitrogens with zero attached hydrogens (tertiary/aromatic N) is 3. The molecule has 2 aromatic rings. The van der Waals surface area contributed by atoms with Crippen molar-refractivity contribution in [1.82, 2.24) is 19.8 Å². The standard InChI is InChI=1S/C21H28F2N4O/c1-15-6-3-4-9-27(15)11-10-26(2)14-16-7-5-8-17(12-16)21-24-18(20(22)23)13-19(28)25-21/h5,7-8,12-13,15,20H,3-4,6,9-11,14H2,1-2H3,(H,24,25,28)/t15-/m0/s1. The van der Waals surface area contributed by atoms with Crippen LogP contribution in [0.5, 0.6) is 0 Å². The Bertz CT molecular complexity index is 839. The predicted octanol–water partition coefficient (Wildman–Crippen LogP) is 3.68. The topological polar surface area (TPSA) is 52.2 Å². The smallest absolute Gasteiger partial charge is 0.280 e. The van der Waals surface area contributed by atoms with Gasteiger partial charge in [0.25, 0.3) is 12.0 Å². The van der Waals surface area contributed by atoms with E-state index >= 15 is 0 Å². The van der Waals surface area contributed by atoms with Gasteiger partial charge in [-0.25, -0.2) is 13.8 Å². The van der Waals surface area contributed by atoms with Crippen molar-refractivity contribution in [2.24, 2.45) is 0 Å². The maximum absolute atomic E-state index is 12.9. The molecule has 0 saturated carbocycles. The van der Waals surface area contributed by atoms with Crippen LogP contribution in [0.1, 0.15) is 43.9 Å². The summed E-state index contributed by atoms with van der Waals surface area (Å²) in [5, 5.41) is 0. The summed E-state index contributed by atoms with van der Waals surface area (Å²) in [6.45, 7) is 6.22. The first kappa shape index (κ1) is 20.6. The quantitative estimate of drug-likeness (QED) is 0.784. The third kappa shape index (κ3) is 5.45. The van der Waals surface area contributed by atoms with Crippen LogP contribution < -0.4 is 5.56 Å². The SMILES string of the molecule is C[C@H]1CCCCN1CCN(C)Cc1cccc(-c2nc(C(F)F)cc(=O)[nH]2)c1. The van der Waals surface area contributed by atoms with Crippen molar-refractivity contribution < 1.29 is 8.78 Å². The van der Waals surface area contributed by atoms with Crippen LogP contribution in [0.2, 0.25) is 0 Å². The molecule has 0 unspecified atom stereocenters. The molecule has 1 saturated heterocycles. The number of piperidine rings is 1. The lowest BCUT2D eigenvalue weighted by molar-refractivity contribution is 0.141. The van der Waals surface area contributed by atoms with Crippen molar-refractivity contribution in [2.45, 2.75) is 45.2 Å². The lowest BCUT2D eigenvalue weighted by Crippen LogP contribution is -2.41. The molecule has 1 aliphatic heterocycles. The number of aromatic nitrogens is 2. The third-order valence-corrected chi connectivity index (χ3v) is 5.35. The minimum atomic E-state index is -2.77. The second kappa shape index (κ2) is 9.39. The Morgan fingerprint density at radius 1 is 1.32 bits per heavy atom. The third-order valence-electron chi connectivity index (χ3n) is 5.35. The fraction of sp³-hybridized carbons (Fsp3) is 0.524. The van der Waals surface area contributed by atoms with E-state index in [4.69, 9.17) is 0 Å². The second-order valence-corrected chi connectivity index (χ2v) is 7.64. The number of hydrogen-bond acceptors (Lipinski definition) is 4. The molecule has 7 heteroatoms. The van der Waals surface area contributed by atoms with Crippen LogP contribution in [-0.4, -0.2) is 52.5 Å². The van der Waals surface area contributed by atoms with Gasteiger partial charge < -0.3 is 9.88 Å². The van der Waals surface area contributed by atoms with E-state index in [0.717, 1.165) is 31.3 Å². The Hall–Kier alpha value is -2.12. The average Bonchev–Trinajstić information content (AvgIpc) is 2.67. The number of nitrogens with one attached hydrogen (secondary N) is 1. The Labute approximate surface area is 164 Å². The van der Waals surface area contributed by atoms with E-state index in [1.54, 1.807) is 6.07 Å². The van der Waals surface area contributed by atoms with Crippen LogP contribution in [0, 0.1) is 0 Å². The van der Waals surface area contributed by atoms with Gasteiger partial charge in [-0.1, -0.05) is 24.6 Å². The van der Waals surface area contributed by atoms with E-state index in [9.17, 15) is 13.6 Å². The summed E-state index contributed by atoms with van der Waals surface area (Å²) in [7, 11) is 2.08. The van der Waals surface area contributed by atoms with Crippen LogP contribution in [0.4, 0.5) is 8.78 Å². The zero-order valence-corrected chi connectivity index (χ0v) is 16.5. The number of H-pyrrole nitrogens is 1. The molecule has 0 aliphatic carbocycles. The molecule has 1 fully saturated rings. The Balaban J connectivity index is 1.65. The molecule has 28 heavy (non-hydrogen) atoms. The highest BCUT2D eigenvalue weighted by atomic mass is 19.3. The van der Waals surface area contributed by atoms with Gasteiger partial charge in [-0.05, 0) is 45.0 Å². The molecule has 0 radical (unpaired) electrons. The average molecular weight is 390 g/mol. The molecule has 1 N–H and O–H groups in total. The first-order chi connectivity index (χ1) is 13.4. The van der Waals surface area contributed by atoms with Crippen molar-refractivity contribution in [3.8, 4) is 11.4 Å². The molecule has 3 rings (SSSR count). The van der Waals surface area contributed by atoms with Crippen LogP contribution in [0.3, 0.4) is 0 Å². The zero-order valence-electron chi connectivity index (χ0n) is 16.5. The molecule has 1 aromatic heterocycles. The maximum atomic E-state index is 12.9. The van der Waals surface area contributed by atoms with Crippen LogP contribution >= 0.6 is 0 Å². The largest absolute Gasteiger partial charge is 0.307 e. The van der Waals surface area contributed by atoms with E-state index < -0.39 is 17.7 Å². The fourth-order valence-corrected chi connectivity index (χ4v) is 3.72. The van der Waals surface area contributed by atoms with Crippen molar-refractivity contribution in [2.75, 3.05) is 26.7 Å². The van der Waals surface area contributed by atoms with Gasteiger partial charge in [0.1, 0.15) is 11.5 Å². The van der Waals surface area contributed by atoms with Crippen molar-refractivity contribution in [1.29, 1.82) is 0 Å². The number of likely N-dealkylation sites (tertiary alicyclic amines) is 1. The van der Waals surface area contributed by atoms with Gasteiger partial charge >= 0.3 is 0 Å². The van der Waals surface area contributed by atoms with Gasteiger partial charge in [0.15, 0.2) is 0 Å². The highest BCUT2D eigenvalue weighted by Gasteiger charge is 2.18. The first-order valence-electron chi connectivity index (χ1n) is 9.83. The number of rotatable bonds is 7. The highest BCUT2D eigenvalue weighted by Crippen LogP contribution is 2.20. The van der Waals surface area contributed by atoms with Gasteiger partial charge in [-0.15, -0.1) is 0 Å². The van der Waals surface area contributed by atoms with E-state index in [2.05, 4.69) is 33.7 Å². The summed E-state index contributed by atoms with van der Waals surface area (Å²) < 4.78 is 25.9.